The molecular formula is C26H32N4O2. The number of rotatable bonds is 5. The van der Waals surface area contributed by atoms with Crippen LogP contribution in [0.4, 0.5) is 0 Å². The fourth-order valence-electron chi connectivity index (χ4n) is 5.08. The van der Waals surface area contributed by atoms with Crippen molar-refractivity contribution in [1.82, 2.24) is 19.2 Å². The first kappa shape index (κ1) is 21.2. The first-order chi connectivity index (χ1) is 15.8. The standard InChI is InChI=1S/C26H32N4O2/c31-26(24-8-2-1-6-22(24)20-28-15-17-32-18-16-28)29-12-4-5-21(10-13-29)19-23-7-3-9-25-27-11-14-30(23)25/h1-3,6-9,11,14,21H,4-5,10,12-13,15-20H2/t21-/m0/s1. The molecule has 0 saturated carbocycles. The van der Waals surface area contributed by atoms with Crippen LogP contribution in [-0.2, 0) is 17.7 Å². The molecule has 6 heteroatoms. The van der Waals surface area contributed by atoms with Crippen LogP contribution in [0.3, 0.4) is 0 Å². The molecule has 0 bridgehead atoms. The number of imidazole rings is 1. The second kappa shape index (κ2) is 9.84. The molecule has 2 aliphatic heterocycles. The fraction of sp³-hybridized carbons (Fsp3) is 0.462. The van der Waals surface area contributed by atoms with Gasteiger partial charge < -0.3 is 14.0 Å². The van der Waals surface area contributed by atoms with Crippen molar-refractivity contribution >= 4 is 11.6 Å². The SMILES string of the molecule is O=C(c1ccccc1CN1CCOCC1)N1CCC[C@H](Cc2cccc3nccn23)CC1. The average Bonchev–Trinajstić information content (AvgIpc) is 3.20. The molecule has 6 nitrogen and oxygen atoms in total. The number of hydrogen-bond donors (Lipinski definition) is 0. The zero-order chi connectivity index (χ0) is 21.8. The van der Waals surface area contributed by atoms with Crippen LogP contribution in [0.1, 0.15) is 40.9 Å². The Labute approximate surface area is 189 Å². The third kappa shape index (κ3) is 4.71. The maximum Gasteiger partial charge on any atom is 0.254 e. The fourth-order valence-corrected chi connectivity index (χ4v) is 5.08. The number of amides is 1. The molecule has 1 atom stereocenters. The van der Waals surface area contributed by atoms with Crippen LogP contribution in [-0.4, -0.2) is 64.5 Å². The van der Waals surface area contributed by atoms with Crippen LogP contribution in [0.2, 0.25) is 0 Å². The van der Waals surface area contributed by atoms with E-state index in [2.05, 4.69) is 37.4 Å². The lowest BCUT2D eigenvalue weighted by Crippen LogP contribution is -2.37. The molecule has 2 aromatic heterocycles. The Hall–Kier alpha value is -2.70. The smallest absolute Gasteiger partial charge is 0.254 e. The lowest BCUT2D eigenvalue weighted by molar-refractivity contribution is 0.0340. The van der Waals surface area contributed by atoms with Crippen LogP contribution in [0.25, 0.3) is 5.65 Å². The van der Waals surface area contributed by atoms with Crippen molar-refractivity contribution in [2.24, 2.45) is 5.92 Å². The summed E-state index contributed by atoms with van der Waals surface area (Å²) in [6.07, 6.45) is 8.20. The zero-order valence-electron chi connectivity index (χ0n) is 18.7. The molecule has 2 fully saturated rings. The molecule has 0 spiro atoms. The van der Waals surface area contributed by atoms with E-state index in [1.165, 1.54) is 5.69 Å². The van der Waals surface area contributed by atoms with Crippen molar-refractivity contribution in [2.45, 2.75) is 32.2 Å². The number of likely N-dealkylation sites (tertiary alicyclic amines) is 1. The predicted molar refractivity (Wildman–Crippen MR) is 125 cm³/mol. The average molecular weight is 433 g/mol. The minimum absolute atomic E-state index is 0.186. The summed E-state index contributed by atoms with van der Waals surface area (Å²) in [7, 11) is 0. The van der Waals surface area contributed by atoms with Gasteiger partial charge in [-0.2, -0.15) is 0 Å². The van der Waals surface area contributed by atoms with E-state index in [0.717, 1.165) is 88.4 Å². The lowest BCUT2D eigenvalue weighted by Gasteiger charge is -2.28. The van der Waals surface area contributed by atoms with Gasteiger partial charge in [-0.25, -0.2) is 4.98 Å². The predicted octanol–water partition coefficient (Wildman–Crippen LogP) is 3.65. The van der Waals surface area contributed by atoms with Gasteiger partial charge in [0, 0.05) is 56.4 Å². The lowest BCUT2D eigenvalue weighted by atomic mass is 9.95. The van der Waals surface area contributed by atoms with Crippen LogP contribution in [0.15, 0.2) is 54.9 Å². The van der Waals surface area contributed by atoms with E-state index in [4.69, 9.17) is 4.74 Å². The molecule has 1 amide bonds. The minimum Gasteiger partial charge on any atom is -0.379 e. The van der Waals surface area contributed by atoms with Crippen LogP contribution in [0, 0.1) is 5.92 Å². The summed E-state index contributed by atoms with van der Waals surface area (Å²) in [6, 6.07) is 14.5. The number of hydrogen-bond acceptors (Lipinski definition) is 4. The van der Waals surface area contributed by atoms with Gasteiger partial charge in [-0.3, -0.25) is 9.69 Å². The Morgan fingerprint density at radius 1 is 1.00 bits per heavy atom. The molecule has 4 heterocycles. The molecule has 168 valence electrons. The summed E-state index contributed by atoms with van der Waals surface area (Å²) in [6.45, 7) is 5.89. The van der Waals surface area contributed by atoms with E-state index >= 15 is 0 Å². The third-order valence-corrected chi connectivity index (χ3v) is 6.89. The number of benzene rings is 1. The molecule has 2 aliphatic rings. The highest BCUT2D eigenvalue weighted by Crippen LogP contribution is 2.24. The summed E-state index contributed by atoms with van der Waals surface area (Å²) >= 11 is 0. The molecule has 2 saturated heterocycles. The van der Waals surface area contributed by atoms with Crippen LogP contribution in [0.5, 0.6) is 0 Å². The Balaban J connectivity index is 1.24. The topological polar surface area (TPSA) is 50.1 Å². The van der Waals surface area contributed by atoms with Gasteiger partial charge in [0.05, 0.1) is 13.2 Å². The second-order valence-corrected chi connectivity index (χ2v) is 9.01. The highest BCUT2D eigenvalue weighted by molar-refractivity contribution is 5.95. The van der Waals surface area contributed by atoms with E-state index in [1.807, 2.05) is 36.7 Å². The van der Waals surface area contributed by atoms with E-state index in [9.17, 15) is 4.79 Å². The van der Waals surface area contributed by atoms with Crippen LogP contribution >= 0.6 is 0 Å². The molecule has 5 rings (SSSR count). The Morgan fingerprint density at radius 2 is 1.88 bits per heavy atom. The van der Waals surface area contributed by atoms with Gasteiger partial charge in [0.25, 0.3) is 5.91 Å². The number of aromatic nitrogens is 2. The summed E-state index contributed by atoms with van der Waals surface area (Å²) < 4.78 is 7.66. The monoisotopic (exact) mass is 432 g/mol. The van der Waals surface area contributed by atoms with Crippen molar-refractivity contribution in [3.05, 3.63) is 71.7 Å². The Kier molecular flexibility index (Phi) is 6.51. The maximum atomic E-state index is 13.5. The first-order valence-electron chi connectivity index (χ1n) is 11.9. The summed E-state index contributed by atoms with van der Waals surface area (Å²) in [5.41, 5.74) is 4.30. The van der Waals surface area contributed by atoms with Gasteiger partial charge in [0.2, 0.25) is 0 Å². The quantitative estimate of drug-likeness (QED) is 0.618. The van der Waals surface area contributed by atoms with Gasteiger partial charge in [-0.1, -0.05) is 24.3 Å². The van der Waals surface area contributed by atoms with E-state index < -0.39 is 0 Å². The number of pyridine rings is 1. The van der Waals surface area contributed by atoms with Gasteiger partial charge >= 0.3 is 0 Å². The van der Waals surface area contributed by atoms with Crippen LogP contribution < -0.4 is 0 Å². The largest absolute Gasteiger partial charge is 0.379 e. The zero-order valence-corrected chi connectivity index (χ0v) is 18.7. The highest BCUT2D eigenvalue weighted by atomic mass is 16.5. The van der Waals surface area contributed by atoms with Gasteiger partial charge in [-0.15, -0.1) is 0 Å². The first-order valence-corrected chi connectivity index (χ1v) is 11.9. The third-order valence-electron chi connectivity index (χ3n) is 6.89. The molecule has 1 aromatic carbocycles. The Morgan fingerprint density at radius 3 is 2.78 bits per heavy atom. The second-order valence-electron chi connectivity index (χ2n) is 9.01. The maximum absolute atomic E-state index is 13.5. The van der Waals surface area contributed by atoms with Gasteiger partial charge in [-0.05, 0) is 55.4 Å². The van der Waals surface area contributed by atoms with Crippen molar-refractivity contribution in [3.8, 4) is 0 Å². The summed E-state index contributed by atoms with van der Waals surface area (Å²) in [5, 5.41) is 0. The minimum atomic E-state index is 0.186. The normalized spacial score (nSPS) is 20.4. The van der Waals surface area contributed by atoms with Crippen molar-refractivity contribution in [3.63, 3.8) is 0 Å². The van der Waals surface area contributed by atoms with E-state index in [1.54, 1.807) is 0 Å². The van der Waals surface area contributed by atoms with Crippen molar-refractivity contribution in [2.75, 3.05) is 39.4 Å². The number of carbonyl (C=O) groups is 1. The summed E-state index contributed by atoms with van der Waals surface area (Å²) in [4.78, 5) is 22.4. The number of morpholine rings is 1. The molecule has 32 heavy (non-hydrogen) atoms. The molecule has 0 N–H and O–H groups in total. The van der Waals surface area contributed by atoms with E-state index in [0.29, 0.717) is 5.92 Å². The highest BCUT2D eigenvalue weighted by Gasteiger charge is 2.24. The molecule has 3 aromatic rings. The number of ether oxygens (including phenoxy) is 1. The Bertz CT molecular complexity index is 1060. The molecule has 0 radical (unpaired) electrons. The molecule has 0 aliphatic carbocycles. The van der Waals surface area contributed by atoms with Gasteiger partial charge in [0.1, 0.15) is 5.65 Å². The van der Waals surface area contributed by atoms with Crippen molar-refractivity contribution in [1.29, 1.82) is 0 Å². The van der Waals surface area contributed by atoms with Crippen molar-refractivity contribution < 1.29 is 9.53 Å². The summed E-state index contributed by atoms with van der Waals surface area (Å²) in [5.74, 6) is 0.774. The number of carbonyl (C=O) groups excluding carboxylic acids is 1. The molecular weight excluding hydrogens is 400 g/mol. The number of fused-ring (bicyclic) bond motifs is 1. The van der Waals surface area contributed by atoms with Gasteiger partial charge in [0.15, 0.2) is 0 Å². The number of nitrogens with zero attached hydrogens (tertiary/aromatic N) is 4. The van der Waals surface area contributed by atoms with E-state index in [-0.39, 0.29) is 5.91 Å². The molecule has 0 unspecified atom stereocenters.